The molecule has 0 amide bonds. The number of fused-ring (bicyclic) bond motifs is 1. The van der Waals surface area contributed by atoms with E-state index in [1.54, 1.807) is 6.20 Å². The summed E-state index contributed by atoms with van der Waals surface area (Å²) in [6.45, 7) is 4.58. The van der Waals surface area contributed by atoms with Gasteiger partial charge < -0.3 is 10.3 Å². The van der Waals surface area contributed by atoms with Crippen LogP contribution in [-0.4, -0.2) is 21.7 Å². The molecule has 2 heterocycles. The Balaban J connectivity index is 2.01. The Morgan fingerprint density at radius 2 is 2.14 bits per heavy atom. The van der Waals surface area contributed by atoms with E-state index in [1.165, 1.54) is 0 Å². The van der Waals surface area contributed by atoms with E-state index in [1.807, 2.05) is 37.3 Å². The molecule has 0 aliphatic rings. The molecule has 0 radical (unpaired) electrons. The highest BCUT2D eigenvalue weighted by atomic mass is 16.5. The largest absolute Gasteiger partial charge is 0.338 e. The third-order valence-electron chi connectivity index (χ3n) is 4.03. The minimum Gasteiger partial charge on any atom is -0.338 e. The topological polar surface area (TPSA) is 77.8 Å². The number of hydrogen-bond acceptors (Lipinski definition) is 5. The molecule has 21 heavy (non-hydrogen) atoms. The highest BCUT2D eigenvalue weighted by molar-refractivity contribution is 5.82. The predicted octanol–water partition coefficient (Wildman–Crippen LogP) is 2.91. The van der Waals surface area contributed by atoms with Gasteiger partial charge in [-0.05, 0) is 37.6 Å². The van der Waals surface area contributed by atoms with Gasteiger partial charge in [0.2, 0.25) is 11.7 Å². The zero-order chi connectivity index (χ0) is 14.9. The molecule has 108 valence electrons. The number of aromatic nitrogens is 3. The van der Waals surface area contributed by atoms with Crippen LogP contribution in [0.15, 0.2) is 41.1 Å². The summed E-state index contributed by atoms with van der Waals surface area (Å²) in [5.41, 5.74) is 7.43. The van der Waals surface area contributed by atoms with Gasteiger partial charge in [0.25, 0.3) is 0 Å². The molecule has 2 aromatic heterocycles. The predicted molar refractivity (Wildman–Crippen MR) is 81.7 cm³/mol. The fraction of sp³-hybridized carbons (Fsp3) is 0.312. The number of benzene rings is 1. The van der Waals surface area contributed by atoms with Crippen molar-refractivity contribution in [2.75, 3.05) is 6.54 Å². The fourth-order valence-corrected chi connectivity index (χ4v) is 2.18. The van der Waals surface area contributed by atoms with E-state index in [-0.39, 0.29) is 5.41 Å². The molecule has 0 saturated carbocycles. The number of hydrogen-bond donors (Lipinski definition) is 1. The van der Waals surface area contributed by atoms with Crippen LogP contribution in [-0.2, 0) is 5.41 Å². The number of rotatable bonds is 4. The lowest BCUT2D eigenvalue weighted by Gasteiger charge is -2.20. The molecule has 0 aliphatic heterocycles. The third kappa shape index (κ3) is 2.40. The summed E-state index contributed by atoms with van der Waals surface area (Å²) < 4.78 is 5.42. The maximum Gasteiger partial charge on any atom is 0.234 e. The Labute approximate surface area is 123 Å². The molecule has 0 fully saturated rings. The Hall–Kier alpha value is -2.27. The van der Waals surface area contributed by atoms with Gasteiger partial charge in [0.1, 0.15) is 0 Å². The Morgan fingerprint density at radius 3 is 2.90 bits per heavy atom. The van der Waals surface area contributed by atoms with Crippen molar-refractivity contribution in [3.05, 3.63) is 42.4 Å². The second-order valence-electron chi connectivity index (χ2n) is 5.45. The van der Waals surface area contributed by atoms with Crippen molar-refractivity contribution < 1.29 is 4.52 Å². The molecule has 0 aliphatic carbocycles. The van der Waals surface area contributed by atoms with Crippen LogP contribution in [0.25, 0.3) is 22.3 Å². The molecule has 1 atom stereocenters. The smallest absolute Gasteiger partial charge is 0.234 e. The maximum absolute atomic E-state index is 5.84. The average Bonchev–Trinajstić information content (AvgIpc) is 3.04. The molecule has 0 bridgehead atoms. The lowest BCUT2D eigenvalue weighted by atomic mass is 9.88. The van der Waals surface area contributed by atoms with E-state index in [2.05, 4.69) is 22.0 Å². The highest BCUT2D eigenvalue weighted by Gasteiger charge is 2.29. The van der Waals surface area contributed by atoms with Gasteiger partial charge in [0.15, 0.2) is 0 Å². The summed E-state index contributed by atoms with van der Waals surface area (Å²) in [7, 11) is 0. The molecular formula is C16H18N4O. The van der Waals surface area contributed by atoms with Gasteiger partial charge in [0, 0.05) is 23.7 Å². The molecule has 1 aromatic carbocycles. The molecule has 1 unspecified atom stereocenters. The van der Waals surface area contributed by atoms with Crippen molar-refractivity contribution in [2.24, 2.45) is 5.73 Å². The minimum atomic E-state index is -0.274. The summed E-state index contributed by atoms with van der Waals surface area (Å²) >= 11 is 0. The van der Waals surface area contributed by atoms with Gasteiger partial charge in [-0.15, -0.1) is 0 Å². The fourth-order valence-electron chi connectivity index (χ4n) is 2.18. The summed E-state index contributed by atoms with van der Waals surface area (Å²) in [5.74, 6) is 1.18. The summed E-state index contributed by atoms with van der Waals surface area (Å²) in [6, 6.07) is 9.86. The van der Waals surface area contributed by atoms with Crippen LogP contribution in [0.2, 0.25) is 0 Å². The van der Waals surface area contributed by atoms with Gasteiger partial charge in [-0.2, -0.15) is 4.98 Å². The molecule has 5 nitrogen and oxygen atoms in total. The number of pyridine rings is 1. The number of nitrogens with zero attached hydrogens (tertiary/aromatic N) is 3. The van der Waals surface area contributed by atoms with Crippen molar-refractivity contribution in [2.45, 2.75) is 25.7 Å². The second kappa shape index (κ2) is 5.26. The molecule has 3 aromatic rings. The molecular weight excluding hydrogens is 264 g/mol. The van der Waals surface area contributed by atoms with Gasteiger partial charge in [0.05, 0.1) is 10.9 Å². The van der Waals surface area contributed by atoms with Crippen molar-refractivity contribution in [1.29, 1.82) is 0 Å². The van der Waals surface area contributed by atoms with Crippen molar-refractivity contribution in [3.8, 4) is 11.4 Å². The van der Waals surface area contributed by atoms with Crippen LogP contribution >= 0.6 is 0 Å². The van der Waals surface area contributed by atoms with E-state index in [0.29, 0.717) is 18.3 Å². The van der Waals surface area contributed by atoms with E-state index in [4.69, 9.17) is 10.3 Å². The normalized spacial score (nSPS) is 14.2. The summed E-state index contributed by atoms with van der Waals surface area (Å²) in [6.07, 6.45) is 2.63. The Bertz CT molecular complexity index is 762. The first-order valence-corrected chi connectivity index (χ1v) is 7.06. The quantitative estimate of drug-likeness (QED) is 0.796. The van der Waals surface area contributed by atoms with Crippen LogP contribution in [0.5, 0.6) is 0 Å². The van der Waals surface area contributed by atoms with Crippen LogP contribution in [0.4, 0.5) is 0 Å². The SMILES string of the molecule is CCC(C)(CN)c1nc(-c2ccc3ncccc3c2)no1. The van der Waals surface area contributed by atoms with Crippen LogP contribution in [0.3, 0.4) is 0 Å². The summed E-state index contributed by atoms with van der Waals surface area (Å²) in [4.78, 5) is 8.83. The van der Waals surface area contributed by atoms with Crippen molar-refractivity contribution in [1.82, 2.24) is 15.1 Å². The van der Waals surface area contributed by atoms with E-state index < -0.39 is 0 Å². The van der Waals surface area contributed by atoms with Gasteiger partial charge in [-0.25, -0.2) is 0 Å². The minimum absolute atomic E-state index is 0.274. The van der Waals surface area contributed by atoms with Gasteiger partial charge in [-0.1, -0.05) is 18.1 Å². The first-order chi connectivity index (χ1) is 10.2. The van der Waals surface area contributed by atoms with Crippen LogP contribution in [0.1, 0.15) is 26.2 Å². The van der Waals surface area contributed by atoms with Gasteiger partial charge >= 0.3 is 0 Å². The van der Waals surface area contributed by atoms with Crippen molar-refractivity contribution >= 4 is 10.9 Å². The second-order valence-corrected chi connectivity index (χ2v) is 5.45. The molecule has 0 spiro atoms. The molecule has 2 N–H and O–H groups in total. The number of nitrogens with two attached hydrogens (primary N) is 1. The van der Waals surface area contributed by atoms with Gasteiger partial charge in [-0.3, -0.25) is 4.98 Å². The van der Waals surface area contributed by atoms with Crippen molar-refractivity contribution in [3.63, 3.8) is 0 Å². The third-order valence-corrected chi connectivity index (χ3v) is 4.03. The first-order valence-electron chi connectivity index (χ1n) is 7.06. The first kappa shape index (κ1) is 13.7. The lowest BCUT2D eigenvalue weighted by Crippen LogP contribution is -2.31. The molecule has 0 saturated heterocycles. The standard InChI is InChI=1S/C16H18N4O/c1-3-16(2,10-17)15-19-14(20-21-15)12-6-7-13-11(9-12)5-4-8-18-13/h4-9H,3,10,17H2,1-2H3. The average molecular weight is 282 g/mol. The summed E-state index contributed by atoms with van der Waals surface area (Å²) in [5, 5.41) is 5.15. The van der Waals surface area contributed by atoms with Crippen LogP contribution < -0.4 is 5.73 Å². The monoisotopic (exact) mass is 282 g/mol. The van der Waals surface area contributed by atoms with E-state index >= 15 is 0 Å². The molecule has 5 heteroatoms. The highest BCUT2D eigenvalue weighted by Crippen LogP contribution is 2.27. The Kier molecular flexibility index (Phi) is 3.43. The van der Waals surface area contributed by atoms with Crippen LogP contribution in [0, 0.1) is 0 Å². The zero-order valence-electron chi connectivity index (χ0n) is 12.2. The zero-order valence-corrected chi connectivity index (χ0v) is 12.2. The lowest BCUT2D eigenvalue weighted by molar-refractivity contribution is 0.291. The van der Waals surface area contributed by atoms with E-state index in [0.717, 1.165) is 22.9 Å². The Morgan fingerprint density at radius 1 is 1.29 bits per heavy atom. The maximum atomic E-state index is 5.84. The van der Waals surface area contributed by atoms with E-state index in [9.17, 15) is 0 Å². The molecule has 3 rings (SSSR count).